The van der Waals surface area contributed by atoms with Crippen LogP contribution in [0, 0.1) is 0 Å². The molecule has 0 unspecified atom stereocenters. The third-order valence-corrected chi connectivity index (χ3v) is 4.60. The van der Waals surface area contributed by atoms with Crippen LogP contribution in [0.1, 0.15) is 24.8 Å². The van der Waals surface area contributed by atoms with Gasteiger partial charge in [-0.25, -0.2) is 0 Å². The Morgan fingerprint density at radius 2 is 2.11 bits per heavy atom. The minimum atomic E-state index is -0.737. The van der Waals surface area contributed by atoms with Gasteiger partial charge in [-0.15, -0.1) is 11.8 Å². The van der Waals surface area contributed by atoms with Gasteiger partial charge in [0, 0.05) is 5.41 Å². The van der Waals surface area contributed by atoms with E-state index in [-0.39, 0.29) is 11.8 Å². The molecule has 0 saturated heterocycles. The number of carboxylic acid groups (broad SMARTS) is 1. The predicted octanol–water partition coefficient (Wildman–Crippen LogP) is 2.69. The topological polar surface area (TPSA) is 55.8 Å². The highest BCUT2D eigenvalue weighted by Gasteiger charge is 2.48. The Kier molecular flexibility index (Phi) is 3.09. The fourth-order valence-electron chi connectivity index (χ4n) is 2.69. The molecule has 0 amide bonds. The summed E-state index contributed by atoms with van der Waals surface area (Å²) in [6.07, 6.45) is 4.06. The molecule has 4 nitrogen and oxygen atoms in total. The zero-order chi connectivity index (χ0) is 13.5. The number of carbonyl (C=O) groups is 1. The first-order valence-corrected chi connectivity index (χ1v) is 7.58. The lowest BCUT2D eigenvalue weighted by Gasteiger charge is -2.25. The van der Waals surface area contributed by atoms with E-state index in [9.17, 15) is 4.79 Å². The van der Waals surface area contributed by atoms with Crippen molar-refractivity contribution in [1.82, 2.24) is 0 Å². The van der Waals surface area contributed by atoms with Crippen molar-refractivity contribution in [2.75, 3.05) is 19.5 Å². The second kappa shape index (κ2) is 4.63. The molecule has 1 saturated carbocycles. The fraction of sp³-hybridized carbons (Fsp3) is 0.500. The highest BCUT2D eigenvalue weighted by molar-refractivity contribution is 7.98. The minimum absolute atomic E-state index is 0.194. The second-order valence-corrected chi connectivity index (χ2v) is 5.84. The molecule has 1 heterocycles. The molecule has 1 aromatic carbocycles. The van der Waals surface area contributed by atoms with Crippen LogP contribution in [0.25, 0.3) is 0 Å². The quantitative estimate of drug-likeness (QED) is 0.859. The van der Waals surface area contributed by atoms with Crippen LogP contribution in [0.4, 0.5) is 0 Å². The average molecular weight is 280 g/mol. The van der Waals surface area contributed by atoms with E-state index in [2.05, 4.69) is 0 Å². The molecule has 2 aliphatic rings. The molecule has 0 bridgehead atoms. The lowest BCUT2D eigenvalue weighted by Crippen LogP contribution is -2.19. The summed E-state index contributed by atoms with van der Waals surface area (Å²) in [6, 6.07) is 3.92. The van der Waals surface area contributed by atoms with Crippen molar-refractivity contribution in [2.45, 2.75) is 29.6 Å². The van der Waals surface area contributed by atoms with Gasteiger partial charge in [0.25, 0.3) is 0 Å². The lowest BCUT2D eigenvalue weighted by atomic mass is 9.92. The van der Waals surface area contributed by atoms with Crippen LogP contribution in [-0.4, -0.2) is 30.5 Å². The number of rotatable bonds is 4. The minimum Gasteiger partial charge on any atom is -0.486 e. The van der Waals surface area contributed by atoms with Crippen LogP contribution in [0.15, 0.2) is 17.0 Å². The van der Waals surface area contributed by atoms with Crippen molar-refractivity contribution < 1.29 is 19.4 Å². The maximum atomic E-state index is 11.1. The molecular weight excluding hydrogens is 264 g/mol. The Balaban J connectivity index is 2.04. The van der Waals surface area contributed by atoms with Crippen molar-refractivity contribution in [1.29, 1.82) is 0 Å². The Bertz CT molecular complexity index is 522. The number of aliphatic carboxylic acids is 1. The van der Waals surface area contributed by atoms with Crippen LogP contribution in [0.3, 0.4) is 0 Å². The summed E-state index contributed by atoms with van der Waals surface area (Å²) in [5.41, 5.74) is 0.909. The van der Waals surface area contributed by atoms with Crippen molar-refractivity contribution in [3.8, 4) is 11.5 Å². The summed E-state index contributed by atoms with van der Waals surface area (Å²) < 4.78 is 11.3. The van der Waals surface area contributed by atoms with Crippen LogP contribution >= 0.6 is 11.8 Å². The van der Waals surface area contributed by atoms with E-state index in [1.54, 1.807) is 11.8 Å². The van der Waals surface area contributed by atoms with Crippen LogP contribution in [0.2, 0.25) is 0 Å². The smallest absolute Gasteiger partial charge is 0.304 e. The Labute approximate surface area is 116 Å². The summed E-state index contributed by atoms with van der Waals surface area (Å²) >= 11 is 1.61. The summed E-state index contributed by atoms with van der Waals surface area (Å²) in [6.45, 7) is 1.12. The van der Waals surface area contributed by atoms with Gasteiger partial charge in [-0.05, 0) is 30.7 Å². The van der Waals surface area contributed by atoms with E-state index in [4.69, 9.17) is 14.6 Å². The molecule has 0 atom stereocenters. The molecule has 1 aliphatic carbocycles. The van der Waals surface area contributed by atoms with Crippen LogP contribution in [-0.2, 0) is 10.2 Å². The van der Waals surface area contributed by atoms with E-state index >= 15 is 0 Å². The van der Waals surface area contributed by atoms with Crippen LogP contribution < -0.4 is 9.47 Å². The van der Waals surface area contributed by atoms with E-state index in [0.717, 1.165) is 34.8 Å². The standard InChI is InChI=1S/C14H16O4S/c1-19-13-9(14(4-5-14)8-11(15)16)2-3-10-12(13)18-7-6-17-10/h2-3H,4-8H2,1H3,(H,15,16). The van der Waals surface area contributed by atoms with Crippen molar-refractivity contribution in [2.24, 2.45) is 0 Å². The number of ether oxygens (including phenoxy) is 2. The van der Waals surface area contributed by atoms with Crippen molar-refractivity contribution in [3.05, 3.63) is 17.7 Å². The summed E-state index contributed by atoms with van der Waals surface area (Å²) in [7, 11) is 0. The number of hydrogen-bond donors (Lipinski definition) is 1. The van der Waals surface area contributed by atoms with Gasteiger partial charge in [0.05, 0.1) is 11.3 Å². The summed E-state index contributed by atoms with van der Waals surface area (Å²) in [5, 5.41) is 9.09. The lowest BCUT2D eigenvalue weighted by molar-refractivity contribution is -0.137. The first kappa shape index (κ1) is 12.7. The SMILES string of the molecule is CSc1c(C2(CC(=O)O)CC2)ccc2c1OCCO2. The Morgan fingerprint density at radius 3 is 2.74 bits per heavy atom. The largest absolute Gasteiger partial charge is 0.486 e. The molecule has 0 spiro atoms. The normalized spacial score (nSPS) is 19.0. The van der Waals surface area contributed by atoms with Crippen molar-refractivity contribution in [3.63, 3.8) is 0 Å². The fourth-order valence-corrected chi connectivity index (χ4v) is 3.54. The van der Waals surface area contributed by atoms with Gasteiger partial charge in [-0.1, -0.05) is 6.07 Å². The van der Waals surface area contributed by atoms with E-state index in [0.29, 0.717) is 13.2 Å². The van der Waals surface area contributed by atoms with Gasteiger partial charge in [-0.2, -0.15) is 0 Å². The zero-order valence-electron chi connectivity index (χ0n) is 10.8. The number of carboxylic acids is 1. The molecule has 3 rings (SSSR count). The number of fused-ring (bicyclic) bond motifs is 1. The molecule has 1 aromatic rings. The highest BCUT2D eigenvalue weighted by Crippen LogP contribution is 2.56. The second-order valence-electron chi connectivity index (χ2n) is 5.02. The first-order chi connectivity index (χ1) is 9.16. The number of benzene rings is 1. The third kappa shape index (κ3) is 2.16. The maximum absolute atomic E-state index is 11.1. The van der Waals surface area contributed by atoms with Crippen LogP contribution in [0.5, 0.6) is 11.5 Å². The molecule has 0 aromatic heterocycles. The summed E-state index contributed by atoms with van der Waals surface area (Å²) in [4.78, 5) is 12.1. The molecule has 1 N–H and O–H groups in total. The van der Waals surface area contributed by atoms with Gasteiger partial charge in [0.1, 0.15) is 13.2 Å². The monoisotopic (exact) mass is 280 g/mol. The molecule has 1 aliphatic heterocycles. The molecular formula is C14H16O4S. The Hall–Kier alpha value is -1.36. The number of thioether (sulfide) groups is 1. The molecule has 19 heavy (non-hydrogen) atoms. The molecule has 1 fully saturated rings. The predicted molar refractivity (Wildman–Crippen MR) is 72.4 cm³/mol. The van der Waals surface area contributed by atoms with Gasteiger partial charge < -0.3 is 14.6 Å². The third-order valence-electron chi connectivity index (χ3n) is 3.78. The summed E-state index contributed by atoms with van der Waals surface area (Å²) in [5.74, 6) is 0.817. The zero-order valence-corrected chi connectivity index (χ0v) is 11.6. The molecule has 0 radical (unpaired) electrons. The molecule has 102 valence electrons. The average Bonchev–Trinajstić information content (AvgIpc) is 3.17. The van der Waals surface area contributed by atoms with E-state index < -0.39 is 5.97 Å². The van der Waals surface area contributed by atoms with Gasteiger partial charge >= 0.3 is 5.97 Å². The first-order valence-electron chi connectivity index (χ1n) is 6.35. The highest BCUT2D eigenvalue weighted by atomic mass is 32.2. The van der Waals surface area contributed by atoms with Gasteiger partial charge in [-0.3, -0.25) is 4.79 Å². The number of hydrogen-bond acceptors (Lipinski definition) is 4. The van der Waals surface area contributed by atoms with E-state index in [1.165, 1.54) is 0 Å². The van der Waals surface area contributed by atoms with Gasteiger partial charge in [0.2, 0.25) is 0 Å². The Morgan fingerprint density at radius 1 is 1.37 bits per heavy atom. The maximum Gasteiger partial charge on any atom is 0.304 e. The molecule has 5 heteroatoms. The van der Waals surface area contributed by atoms with E-state index in [1.807, 2.05) is 18.4 Å². The van der Waals surface area contributed by atoms with Crippen molar-refractivity contribution >= 4 is 17.7 Å². The van der Waals surface area contributed by atoms with Gasteiger partial charge in [0.15, 0.2) is 11.5 Å².